The van der Waals surface area contributed by atoms with Gasteiger partial charge in [-0.2, -0.15) is 0 Å². The molecule has 1 aromatic carbocycles. The molecule has 0 aliphatic heterocycles. The SMILES string of the molecule is COc1cc(Nc2ccc3nnnn3n2)c(OC)cc1Cl. The largest absolute Gasteiger partial charge is 0.495 e. The van der Waals surface area contributed by atoms with Crippen LogP contribution in [-0.2, 0) is 0 Å². The average Bonchev–Trinajstić information content (AvgIpc) is 2.96. The lowest BCUT2D eigenvalue weighted by Gasteiger charge is -2.13. The van der Waals surface area contributed by atoms with Gasteiger partial charge < -0.3 is 14.8 Å². The lowest BCUT2D eigenvalue weighted by Crippen LogP contribution is -2.02. The molecule has 2 aromatic heterocycles. The fraction of sp³-hybridized carbons (Fsp3) is 0.167. The minimum atomic E-state index is 0.462. The van der Waals surface area contributed by atoms with E-state index in [1.165, 1.54) is 4.63 Å². The molecular weight excluding hydrogens is 296 g/mol. The van der Waals surface area contributed by atoms with Crippen LogP contribution in [0.5, 0.6) is 11.5 Å². The lowest BCUT2D eigenvalue weighted by atomic mass is 10.2. The number of rotatable bonds is 4. The van der Waals surface area contributed by atoms with Crippen molar-refractivity contribution in [2.45, 2.75) is 0 Å². The van der Waals surface area contributed by atoms with E-state index < -0.39 is 0 Å². The van der Waals surface area contributed by atoms with Crippen LogP contribution < -0.4 is 14.8 Å². The molecule has 0 radical (unpaired) electrons. The van der Waals surface area contributed by atoms with Crippen molar-refractivity contribution in [2.75, 3.05) is 19.5 Å². The third-order valence-electron chi connectivity index (χ3n) is 2.81. The fourth-order valence-corrected chi connectivity index (χ4v) is 2.04. The minimum Gasteiger partial charge on any atom is -0.495 e. The van der Waals surface area contributed by atoms with Crippen LogP contribution in [0.25, 0.3) is 5.65 Å². The van der Waals surface area contributed by atoms with Crippen molar-refractivity contribution in [2.24, 2.45) is 0 Å². The topological polar surface area (TPSA) is 86.5 Å². The highest BCUT2D eigenvalue weighted by molar-refractivity contribution is 6.32. The number of nitrogens with one attached hydrogen (secondary N) is 1. The van der Waals surface area contributed by atoms with Crippen molar-refractivity contribution >= 4 is 28.8 Å². The third-order valence-corrected chi connectivity index (χ3v) is 3.10. The van der Waals surface area contributed by atoms with Gasteiger partial charge in [0, 0.05) is 12.1 Å². The molecule has 0 saturated carbocycles. The number of benzene rings is 1. The van der Waals surface area contributed by atoms with Crippen molar-refractivity contribution in [3.63, 3.8) is 0 Å². The van der Waals surface area contributed by atoms with E-state index in [0.29, 0.717) is 33.7 Å². The number of nitrogens with zero attached hydrogens (tertiary/aromatic N) is 5. The molecule has 0 fully saturated rings. The minimum absolute atomic E-state index is 0.462. The maximum atomic E-state index is 6.07. The Labute approximate surface area is 124 Å². The molecule has 0 atom stereocenters. The van der Waals surface area contributed by atoms with Gasteiger partial charge in [0.05, 0.1) is 24.9 Å². The van der Waals surface area contributed by atoms with Gasteiger partial charge in [0.15, 0.2) is 11.5 Å². The van der Waals surface area contributed by atoms with E-state index in [4.69, 9.17) is 21.1 Å². The van der Waals surface area contributed by atoms with Crippen LogP contribution in [0.4, 0.5) is 11.5 Å². The molecule has 1 N–H and O–H groups in total. The van der Waals surface area contributed by atoms with Gasteiger partial charge in [0.2, 0.25) is 0 Å². The van der Waals surface area contributed by atoms with Crippen LogP contribution in [0, 0.1) is 0 Å². The first-order valence-electron chi connectivity index (χ1n) is 5.95. The third kappa shape index (κ3) is 2.52. The van der Waals surface area contributed by atoms with Crippen molar-refractivity contribution in [1.29, 1.82) is 0 Å². The highest BCUT2D eigenvalue weighted by Crippen LogP contribution is 2.36. The molecule has 0 spiro atoms. The molecule has 3 aromatic rings. The van der Waals surface area contributed by atoms with E-state index >= 15 is 0 Å². The van der Waals surface area contributed by atoms with Crippen LogP contribution >= 0.6 is 11.6 Å². The summed E-state index contributed by atoms with van der Waals surface area (Å²) in [4.78, 5) is 0. The zero-order valence-electron chi connectivity index (χ0n) is 11.2. The summed E-state index contributed by atoms with van der Waals surface area (Å²) in [6, 6.07) is 6.89. The summed E-state index contributed by atoms with van der Waals surface area (Å²) in [5, 5.41) is 18.9. The van der Waals surface area contributed by atoms with Crippen LogP contribution in [0.3, 0.4) is 0 Å². The maximum absolute atomic E-state index is 6.07. The van der Waals surface area contributed by atoms with Crippen LogP contribution in [0.2, 0.25) is 5.02 Å². The predicted octanol–water partition coefficient (Wildman–Crippen LogP) is 1.93. The van der Waals surface area contributed by atoms with E-state index in [2.05, 4.69) is 25.9 Å². The second kappa shape index (κ2) is 5.41. The number of hydrogen-bond acceptors (Lipinski definition) is 7. The van der Waals surface area contributed by atoms with Gasteiger partial charge in [0.1, 0.15) is 11.5 Å². The molecule has 108 valence electrons. The molecule has 0 unspecified atom stereocenters. The van der Waals surface area contributed by atoms with Crippen LogP contribution in [0.15, 0.2) is 24.3 Å². The van der Waals surface area contributed by atoms with E-state index in [9.17, 15) is 0 Å². The number of methoxy groups -OCH3 is 2. The highest BCUT2D eigenvalue weighted by Gasteiger charge is 2.11. The van der Waals surface area contributed by atoms with Crippen LogP contribution in [0.1, 0.15) is 0 Å². The number of hydrogen-bond donors (Lipinski definition) is 1. The second-order valence-electron chi connectivity index (χ2n) is 4.06. The molecule has 0 aliphatic carbocycles. The Bertz CT molecular complexity index is 791. The standard InChI is InChI=1S/C12H11ClN6O2/c1-20-9-6-8(10(21-2)5-7(9)13)14-11-3-4-12-15-17-18-19(12)16-11/h3-6H,1-2H3,(H,14,16). The molecule has 8 nitrogen and oxygen atoms in total. The number of aromatic nitrogens is 5. The van der Waals surface area contributed by atoms with E-state index in [0.717, 1.165) is 0 Å². The summed E-state index contributed by atoms with van der Waals surface area (Å²) in [5.41, 5.74) is 1.22. The number of halogens is 1. The molecule has 3 rings (SSSR count). The van der Waals surface area contributed by atoms with Gasteiger partial charge in [-0.15, -0.1) is 14.8 Å². The molecule has 2 heterocycles. The molecule has 0 bridgehead atoms. The Balaban J connectivity index is 1.99. The van der Waals surface area contributed by atoms with E-state index in [1.54, 1.807) is 38.5 Å². The summed E-state index contributed by atoms with van der Waals surface area (Å²) in [6.45, 7) is 0. The number of anilines is 2. The number of fused-ring (bicyclic) bond motifs is 1. The summed E-state index contributed by atoms with van der Waals surface area (Å²) < 4.78 is 11.8. The molecule has 0 aliphatic rings. The Morgan fingerprint density at radius 1 is 1.14 bits per heavy atom. The number of tetrazole rings is 1. The van der Waals surface area contributed by atoms with E-state index in [-0.39, 0.29) is 0 Å². The summed E-state index contributed by atoms with van der Waals surface area (Å²) >= 11 is 6.07. The summed E-state index contributed by atoms with van der Waals surface area (Å²) in [6.07, 6.45) is 0. The fourth-order valence-electron chi connectivity index (χ4n) is 1.81. The predicted molar refractivity (Wildman–Crippen MR) is 76.4 cm³/mol. The molecule has 0 saturated heterocycles. The average molecular weight is 307 g/mol. The molecule has 21 heavy (non-hydrogen) atoms. The van der Waals surface area contributed by atoms with Crippen molar-refractivity contribution in [1.82, 2.24) is 25.3 Å². The first-order chi connectivity index (χ1) is 10.2. The summed E-state index contributed by atoms with van der Waals surface area (Å²) in [7, 11) is 3.10. The van der Waals surface area contributed by atoms with Crippen molar-refractivity contribution in [3.05, 3.63) is 29.3 Å². The van der Waals surface area contributed by atoms with Gasteiger partial charge >= 0.3 is 0 Å². The summed E-state index contributed by atoms with van der Waals surface area (Å²) in [5.74, 6) is 1.65. The monoisotopic (exact) mass is 306 g/mol. The Kier molecular flexibility index (Phi) is 3.44. The zero-order chi connectivity index (χ0) is 14.8. The quantitative estimate of drug-likeness (QED) is 0.788. The van der Waals surface area contributed by atoms with Crippen molar-refractivity contribution in [3.8, 4) is 11.5 Å². The number of ether oxygens (including phenoxy) is 2. The highest BCUT2D eigenvalue weighted by atomic mass is 35.5. The van der Waals surface area contributed by atoms with Gasteiger partial charge in [-0.05, 0) is 22.6 Å². The van der Waals surface area contributed by atoms with Gasteiger partial charge in [0.25, 0.3) is 0 Å². The Hall–Kier alpha value is -2.61. The van der Waals surface area contributed by atoms with Gasteiger partial charge in [-0.25, -0.2) is 0 Å². The van der Waals surface area contributed by atoms with Gasteiger partial charge in [-0.1, -0.05) is 11.6 Å². The molecule has 0 amide bonds. The first-order valence-corrected chi connectivity index (χ1v) is 6.33. The lowest BCUT2D eigenvalue weighted by molar-refractivity contribution is 0.405. The normalized spacial score (nSPS) is 10.6. The van der Waals surface area contributed by atoms with Crippen LogP contribution in [-0.4, -0.2) is 39.5 Å². The maximum Gasteiger partial charge on any atom is 0.200 e. The first kappa shape index (κ1) is 13.4. The molecule has 9 heteroatoms. The Morgan fingerprint density at radius 2 is 1.95 bits per heavy atom. The Morgan fingerprint density at radius 3 is 2.71 bits per heavy atom. The molecular formula is C12H11ClN6O2. The van der Waals surface area contributed by atoms with Crippen molar-refractivity contribution < 1.29 is 9.47 Å². The second-order valence-corrected chi connectivity index (χ2v) is 4.46. The smallest absolute Gasteiger partial charge is 0.200 e. The van der Waals surface area contributed by atoms with Gasteiger partial charge in [-0.3, -0.25) is 0 Å². The zero-order valence-corrected chi connectivity index (χ0v) is 12.0. The van der Waals surface area contributed by atoms with E-state index in [1.807, 2.05) is 0 Å².